The molecule has 0 fully saturated rings. The molecule has 0 heterocycles. The molecule has 0 saturated carbocycles. The molecule has 0 aromatic heterocycles. The average Bonchev–Trinajstić information content (AvgIpc) is 2.86. The molecule has 1 atom stereocenters. The van der Waals surface area contributed by atoms with Crippen LogP contribution >= 0.6 is 23.4 Å². The van der Waals surface area contributed by atoms with E-state index >= 15 is 0 Å². The van der Waals surface area contributed by atoms with Crippen molar-refractivity contribution in [3.8, 4) is 0 Å². The molecular weight excluding hydrogens is 488 g/mol. The van der Waals surface area contributed by atoms with Gasteiger partial charge in [0.2, 0.25) is 11.8 Å². The zero-order valence-corrected chi connectivity index (χ0v) is 22.8. The van der Waals surface area contributed by atoms with E-state index in [1.54, 1.807) is 16.7 Å². The number of hydrogen-bond donors (Lipinski definition) is 1. The summed E-state index contributed by atoms with van der Waals surface area (Å²) in [6.07, 6.45) is 0.434. The number of rotatable bonds is 12. The first-order valence-corrected chi connectivity index (χ1v) is 13.8. The standard InChI is InChI=1S/C30H35ClN2O2S/c1-22(2)18-32-30(35)28(17-24-11-5-4-6-12-24)33(19-26-14-7-8-15-27(26)31)29(34)21-36-20-25-13-9-10-23(3)16-25/h4-16,22,28H,17-21H2,1-3H3,(H,32,35). The van der Waals surface area contributed by atoms with Gasteiger partial charge in [0.1, 0.15) is 6.04 Å². The highest BCUT2D eigenvalue weighted by Crippen LogP contribution is 2.22. The molecule has 1 unspecified atom stereocenters. The first-order valence-electron chi connectivity index (χ1n) is 12.3. The summed E-state index contributed by atoms with van der Waals surface area (Å²) in [4.78, 5) is 28.8. The van der Waals surface area contributed by atoms with Gasteiger partial charge in [-0.25, -0.2) is 0 Å². The van der Waals surface area contributed by atoms with Gasteiger partial charge in [0, 0.05) is 30.3 Å². The average molecular weight is 523 g/mol. The molecular formula is C30H35ClN2O2S. The van der Waals surface area contributed by atoms with Crippen molar-refractivity contribution < 1.29 is 9.59 Å². The topological polar surface area (TPSA) is 49.4 Å². The van der Waals surface area contributed by atoms with E-state index in [1.165, 1.54) is 11.1 Å². The number of carbonyl (C=O) groups is 2. The van der Waals surface area contributed by atoms with E-state index in [-0.39, 0.29) is 24.1 Å². The van der Waals surface area contributed by atoms with Gasteiger partial charge in [-0.2, -0.15) is 0 Å². The Kier molecular flexibility index (Phi) is 10.9. The van der Waals surface area contributed by atoms with Gasteiger partial charge in [-0.15, -0.1) is 11.8 Å². The van der Waals surface area contributed by atoms with Crippen LogP contribution in [0.15, 0.2) is 78.9 Å². The van der Waals surface area contributed by atoms with Crippen LogP contribution in [0.3, 0.4) is 0 Å². The van der Waals surface area contributed by atoms with Crippen LogP contribution in [0.5, 0.6) is 0 Å². The maximum absolute atomic E-state index is 13.7. The zero-order valence-electron chi connectivity index (χ0n) is 21.2. The first kappa shape index (κ1) is 27.8. The third kappa shape index (κ3) is 8.72. The molecule has 3 aromatic rings. The van der Waals surface area contributed by atoms with Crippen molar-refractivity contribution in [2.45, 2.75) is 45.5 Å². The lowest BCUT2D eigenvalue weighted by Gasteiger charge is -2.32. The molecule has 3 aromatic carbocycles. The van der Waals surface area contributed by atoms with Crippen LogP contribution < -0.4 is 5.32 Å². The molecule has 0 saturated heterocycles. The Labute approximate surface area is 224 Å². The van der Waals surface area contributed by atoms with Gasteiger partial charge in [0.25, 0.3) is 0 Å². The number of thioether (sulfide) groups is 1. The zero-order chi connectivity index (χ0) is 25.9. The van der Waals surface area contributed by atoms with E-state index in [9.17, 15) is 9.59 Å². The lowest BCUT2D eigenvalue weighted by molar-refractivity contribution is -0.139. The minimum atomic E-state index is -0.644. The van der Waals surface area contributed by atoms with Crippen molar-refractivity contribution >= 4 is 35.2 Å². The molecule has 6 heteroatoms. The fourth-order valence-corrected chi connectivity index (χ4v) is 4.98. The molecule has 0 aliphatic heterocycles. The number of halogens is 1. The van der Waals surface area contributed by atoms with E-state index < -0.39 is 6.04 Å². The predicted octanol–water partition coefficient (Wildman–Crippen LogP) is 6.29. The molecule has 0 radical (unpaired) electrons. The summed E-state index contributed by atoms with van der Waals surface area (Å²) in [6, 6.07) is 25.0. The summed E-state index contributed by atoms with van der Waals surface area (Å²) in [5.41, 5.74) is 4.21. The summed E-state index contributed by atoms with van der Waals surface area (Å²) < 4.78 is 0. The van der Waals surface area contributed by atoms with Crippen LogP contribution in [-0.4, -0.2) is 35.1 Å². The van der Waals surface area contributed by atoms with Crippen LogP contribution in [-0.2, 0) is 28.3 Å². The van der Waals surface area contributed by atoms with E-state index in [0.29, 0.717) is 23.9 Å². The fraction of sp³-hybridized carbons (Fsp3) is 0.333. The quantitative estimate of drug-likeness (QED) is 0.304. The van der Waals surface area contributed by atoms with Crippen molar-refractivity contribution in [2.24, 2.45) is 5.92 Å². The predicted molar refractivity (Wildman–Crippen MR) is 151 cm³/mol. The van der Waals surface area contributed by atoms with Gasteiger partial charge in [-0.05, 0) is 35.6 Å². The Morgan fingerprint density at radius 3 is 2.33 bits per heavy atom. The Hall–Kier alpha value is -2.76. The number of carbonyl (C=O) groups excluding carboxylic acids is 2. The third-order valence-electron chi connectivity index (χ3n) is 5.83. The number of hydrogen-bond acceptors (Lipinski definition) is 3. The number of aryl methyl sites for hydroxylation is 1. The number of nitrogens with one attached hydrogen (secondary N) is 1. The Morgan fingerprint density at radius 2 is 1.64 bits per heavy atom. The van der Waals surface area contributed by atoms with Gasteiger partial charge in [0.05, 0.1) is 5.75 Å². The van der Waals surface area contributed by atoms with Gasteiger partial charge >= 0.3 is 0 Å². The lowest BCUT2D eigenvalue weighted by Crippen LogP contribution is -2.51. The summed E-state index contributed by atoms with van der Waals surface area (Å²) in [7, 11) is 0. The van der Waals surface area contributed by atoms with Gasteiger partial charge in [0.15, 0.2) is 0 Å². The highest BCUT2D eigenvalue weighted by molar-refractivity contribution is 7.99. The molecule has 0 spiro atoms. The molecule has 3 rings (SSSR count). The van der Waals surface area contributed by atoms with Gasteiger partial charge in [-0.1, -0.05) is 104 Å². The van der Waals surface area contributed by atoms with Crippen molar-refractivity contribution in [3.05, 3.63) is 106 Å². The molecule has 0 aliphatic carbocycles. The van der Waals surface area contributed by atoms with Crippen molar-refractivity contribution in [1.82, 2.24) is 10.2 Å². The van der Waals surface area contributed by atoms with E-state index in [4.69, 9.17) is 11.6 Å². The van der Waals surface area contributed by atoms with Crippen LogP contribution in [0.4, 0.5) is 0 Å². The smallest absolute Gasteiger partial charge is 0.243 e. The maximum atomic E-state index is 13.7. The van der Waals surface area contributed by atoms with Crippen molar-refractivity contribution in [1.29, 1.82) is 0 Å². The molecule has 1 N–H and O–H groups in total. The van der Waals surface area contributed by atoms with Crippen molar-refractivity contribution in [3.63, 3.8) is 0 Å². The van der Waals surface area contributed by atoms with Crippen molar-refractivity contribution in [2.75, 3.05) is 12.3 Å². The van der Waals surface area contributed by atoms with Crippen LogP contribution in [0, 0.1) is 12.8 Å². The molecule has 2 amide bonds. The van der Waals surface area contributed by atoms with Crippen LogP contribution in [0.25, 0.3) is 0 Å². The van der Waals surface area contributed by atoms with Gasteiger partial charge in [-0.3, -0.25) is 9.59 Å². The molecule has 36 heavy (non-hydrogen) atoms. The van der Waals surface area contributed by atoms with E-state index in [0.717, 1.165) is 16.9 Å². The van der Waals surface area contributed by atoms with Gasteiger partial charge < -0.3 is 10.2 Å². The highest BCUT2D eigenvalue weighted by atomic mass is 35.5. The highest BCUT2D eigenvalue weighted by Gasteiger charge is 2.30. The number of nitrogens with zero attached hydrogens (tertiary/aromatic N) is 1. The molecule has 4 nitrogen and oxygen atoms in total. The summed E-state index contributed by atoms with van der Waals surface area (Å²) in [5.74, 6) is 1.10. The first-order chi connectivity index (χ1) is 17.3. The normalized spacial score (nSPS) is 11.8. The monoisotopic (exact) mass is 522 g/mol. The second kappa shape index (κ2) is 14.1. The Balaban J connectivity index is 1.85. The lowest BCUT2D eigenvalue weighted by atomic mass is 10.0. The van der Waals surface area contributed by atoms with Crippen LogP contribution in [0.2, 0.25) is 5.02 Å². The molecule has 0 aliphatic rings. The minimum Gasteiger partial charge on any atom is -0.354 e. The SMILES string of the molecule is Cc1cccc(CSCC(=O)N(Cc2ccccc2Cl)C(Cc2ccccc2)C(=O)NCC(C)C)c1. The Bertz CT molecular complexity index is 1140. The molecule has 0 bridgehead atoms. The summed E-state index contributed by atoms with van der Waals surface area (Å²) in [5, 5.41) is 3.64. The second-order valence-corrected chi connectivity index (χ2v) is 10.8. The summed E-state index contributed by atoms with van der Waals surface area (Å²) in [6.45, 7) is 7.01. The summed E-state index contributed by atoms with van der Waals surface area (Å²) >= 11 is 8.04. The largest absolute Gasteiger partial charge is 0.354 e. The number of benzene rings is 3. The minimum absolute atomic E-state index is 0.0757. The fourth-order valence-electron chi connectivity index (χ4n) is 3.93. The molecule has 190 valence electrons. The number of amides is 2. The Morgan fingerprint density at radius 1 is 0.944 bits per heavy atom. The van der Waals surface area contributed by atoms with E-state index in [2.05, 4.69) is 44.3 Å². The second-order valence-electron chi connectivity index (χ2n) is 9.44. The maximum Gasteiger partial charge on any atom is 0.243 e. The van der Waals surface area contributed by atoms with Crippen LogP contribution in [0.1, 0.15) is 36.1 Å². The third-order valence-corrected chi connectivity index (χ3v) is 7.19. The van der Waals surface area contributed by atoms with E-state index in [1.807, 2.05) is 60.7 Å².